The standard InChI is InChI=1S/C25H32O6/c1-5-6-17-21(31-25(27)23(29-4)20-15-11-8-12-16-20)18(2)30-24(26)22(28-3)19-13-9-7-10-14-19/h7-16,18,21-23H,5-6,17H2,1-4H3/t18-,21-,22+,23+/m1/s1. The SMILES string of the molecule is CCCC[C@@H](OC(=O)[C@@H](OC)c1ccccc1)[C@@H](C)OC(=O)[C@@H](OC)c1ccccc1. The molecular formula is C25H32O6. The van der Waals surface area contributed by atoms with Gasteiger partial charge in [0.15, 0.2) is 12.2 Å². The molecule has 0 N–H and O–H groups in total. The van der Waals surface area contributed by atoms with Crippen molar-refractivity contribution in [2.45, 2.75) is 57.5 Å². The summed E-state index contributed by atoms with van der Waals surface area (Å²) in [6.45, 7) is 3.78. The van der Waals surface area contributed by atoms with Gasteiger partial charge in [0, 0.05) is 14.2 Å². The average molecular weight is 429 g/mol. The van der Waals surface area contributed by atoms with Crippen LogP contribution in [0.25, 0.3) is 0 Å². The molecule has 4 atom stereocenters. The summed E-state index contributed by atoms with van der Waals surface area (Å²) < 4.78 is 22.1. The molecule has 0 amide bonds. The maximum Gasteiger partial charge on any atom is 0.340 e. The molecule has 0 spiro atoms. The lowest BCUT2D eigenvalue weighted by Crippen LogP contribution is -2.36. The van der Waals surface area contributed by atoms with Crippen LogP contribution in [0.4, 0.5) is 0 Å². The summed E-state index contributed by atoms with van der Waals surface area (Å²) in [6, 6.07) is 18.3. The van der Waals surface area contributed by atoms with Crippen molar-refractivity contribution in [3.63, 3.8) is 0 Å². The van der Waals surface area contributed by atoms with Crippen LogP contribution in [0.15, 0.2) is 60.7 Å². The van der Waals surface area contributed by atoms with E-state index in [1.54, 1.807) is 19.1 Å². The summed E-state index contributed by atoms with van der Waals surface area (Å²) in [5.41, 5.74) is 1.41. The van der Waals surface area contributed by atoms with Crippen LogP contribution in [0.5, 0.6) is 0 Å². The van der Waals surface area contributed by atoms with E-state index in [4.69, 9.17) is 18.9 Å². The highest BCUT2D eigenvalue weighted by Gasteiger charge is 2.31. The van der Waals surface area contributed by atoms with Crippen molar-refractivity contribution in [1.29, 1.82) is 0 Å². The quantitative estimate of drug-likeness (QED) is 0.453. The third kappa shape index (κ3) is 7.19. The zero-order valence-electron chi connectivity index (χ0n) is 18.7. The summed E-state index contributed by atoms with van der Waals surface area (Å²) in [4.78, 5) is 25.6. The van der Waals surface area contributed by atoms with E-state index < -0.39 is 36.4 Å². The topological polar surface area (TPSA) is 71.1 Å². The van der Waals surface area contributed by atoms with E-state index in [0.717, 1.165) is 12.8 Å². The summed E-state index contributed by atoms with van der Waals surface area (Å²) in [5, 5.41) is 0. The number of methoxy groups -OCH3 is 2. The van der Waals surface area contributed by atoms with Gasteiger partial charge in [-0.1, -0.05) is 74.0 Å². The Morgan fingerprint density at radius 3 is 1.65 bits per heavy atom. The minimum atomic E-state index is -0.845. The Morgan fingerprint density at radius 1 is 0.774 bits per heavy atom. The lowest BCUT2D eigenvalue weighted by molar-refractivity contribution is -0.180. The normalized spacial score (nSPS) is 14.8. The maximum absolute atomic E-state index is 12.8. The zero-order valence-corrected chi connectivity index (χ0v) is 18.7. The predicted molar refractivity (Wildman–Crippen MR) is 117 cm³/mol. The largest absolute Gasteiger partial charge is 0.457 e. The van der Waals surface area contributed by atoms with E-state index in [2.05, 4.69) is 0 Å². The van der Waals surface area contributed by atoms with Crippen LogP contribution < -0.4 is 0 Å². The highest BCUT2D eigenvalue weighted by Crippen LogP contribution is 2.24. The van der Waals surface area contributed by atoms with Gasteiger partial charge in [0.05, 0.1) is 0 Å². The molecular weight excluding hydrogens is 396 g/mol. The Morgan fingerprint density at radius 2 is 1.23 bits per heavy atom. The number of ether oxygens (including phenoxy) is 4. The van der Waals surface area contributed by atoms with Crippen LogP contribution in [0.3, 0.4) is 0 Å². The molecule has 0 bridgehead atoms. The third-order valence-electron chi connectivity index (χ3n) is 5.04. The molecule has 2 aromatic rings. The summed E-state index contributed by atoms with van der Waals surface area (Å²) in [5.74, 6) is -1.03. The minimum absolute atomic E-state index is 0.510. The fourth-order valence-corrected chi connectivity index (χ4v) is 3.32. The van der Waals surface area contributed by atoms with Crippen molar-refractivity contribution in [2.75, 3.05) is 14.2 Å². The molecule has 2 rings (SSSR count). The second kappa shape index (κ2) is 12.9. The molecule has 0 saturated heterocycles. The molecule has 0 radical (unpaired) electrons. The van der Waals surface area contributed by atoms with Crippen LogP contribution in [0.1, 0.15) is 56.4 Å². The molecule has 0 aliphatic heterocycles. The lowest BCUT2D eigenvalue weighted by atomic mass is 10.1. The minimum Gasteiger partial charge on any atom is -0.457 e. The first-order valence-electron chi connectivity index (χ1n) is 10.6. The summed E-state index contributed by atoms with van der Waals surface area (Å²) in [7, 11) is 2.92. The number of hydrogen-bond donors (Lipinski definition) is 0. The van der Waals surface area contributed by atoms with Crippen molar-refractivity contribution in [2.24, 2.45) is 0 Å². The lowest BCUT2D eigenvalue weighted by Gasteiger charge is -2.27. The monoisotopic (exact) mass is 428 g/mol. The highest BCUT2D eigenvalue weighted by atomic mass is 16.6. The van der Waals surface area contributed by atoms with Gasteiger partial charge >= 0.3 is 11.9 Å². The summed E-state index contributed by atoms with van der Waals surface area (Å²) >= 11 is 0. The molecule has 168 valence electrons. The number of rotatable bonds is 12. The van der Waals surface area contributed by atoms with Gasteiger partial charge < -0.3 is 18.9 Å². The Hall–Kier alpha value is -2.70. The highest BCUT2D eigenvalue weighted by molar-refractivity contribution is 5.77. The van der Waals surface area contributed by atoms with Crippen molar-refractivity contribution in [3.05, 3.63) is 71.8 Å². The van der Waals surface area contributed by atoms with Gasteiger partial charge in [-0.3, -0.25) is 0 Å². The summed E-state index contributed by atoms with van der Waals surface area (Å²) in [6.07, 6.45) is -0.596. The molecule has 6 nitrogen and oxygen atoms in total. The van der Waals surface area contributed by atoms with E-state index in [1.165, 1.54) is 14.2 Å². The first-order chi connectivity index (χ1) is 15.0. The smallest absolute Gasteiger partial charge is 0.340 e. The Labute approximate surface area is 184 Å². The zero-order chi connectivity index (χ0) is 22.6. The number of hydrogen-bond acceptors (Lipinski definition) is 6. The molecule has 0 saturated carbocycles. The Kier molecular flexibility index (Phi) is 10.2. The van der Waals surface area contributed by atoms with Crippen molar-refractivity contribution in [3.8, 4) is 0 Å². The van der Waals surface area contributed by atoms with Gasteiger partial charge in [0.25, 0.3) is 0 Å². The first kappa shape index (κ1) is 24.6. The van der Waals surface area contributed by atoms with Crippen LogP contribution in [0.2, 0.25) is 0 Å². The number of esters is 2. The van der Waals surface area contributed by atoms with Gasteiger partial charge in [-0.15, -0.1) is 0 Å². The van der Waals surface area contributed by atoms with E-state index >= 15 is 0 Å². The van der Waals surface area contributed by atoms with Gasteiger partial charge in [0.2, 0.25) is 0 Å². The molecule has 0 heterocycles. The average Bonchev–Trinajstić information content (AvgIpc) is 2.79. The maximum atomic E-state index is 12.8. The van der Waals surface area contributed by atoms with Crippen LogP contribution in [-0.4, -0.2) is 38.4 Å². The Bertz CT molecular complexity index is 792. The molecule has 31 heavy (non-hydrogen) atoms. The van der Waals surface area contributed by atoms with Crippen molar-refractivity contribution in [1.82, 2.24) is 0 Å². The van der Waals surface area contributed by atoms with Gasteiger partial charge in [-0.2, -0.15) is 0 Å². The number of benzene rings is 2. The molecule has 0 aliphatic carbocycles. The van der Waals surface area contributed by atoms with Crippen molar-refractivity contribution < 1.29 is 28.5 Å². The van der Waals surface area contributed by atoms with Gasteiger partial charge in [-0.05, 0) is 30.9 Å². The molecule has 0 unspecified atom stereocenters. The van der Waals surface area contributed by atoms with Crippen molar-refractivity contribution >= 4 is 11.9 Å². The third-order valence-corrected chi connectivity index (χ3v) is 5.04. The molecule has 0 aliphatic rings. The fraction of sp³-hybridized carbons (Fsp3) is 0.440. The predicted octanol–water partition coefficient (Wildman–Crippen LogP) is 4.80. The second-order valence-corrected chi connectivity index (χ2v) is 7.31. The molecule has 2 aromatic carbocycles. The second-order valence-electron chi connectivity index (χ2n) is 7.31. The number of carbonyl (C=O) groups excluding carboxylic acids is 2. The number of unbranched alkanes of at least 4 members (excludes halogenated alkanes) is 1. The molecule has 6 heteroatoms. The van der Waals surface area contributed by atoms with Gasteiger partial charge in [0.1, 0.15) is 12.2 Å². The van der Waals surface area contributed by atoms with E-state index in [-0.39, 0.29) is 0 Å². The van der Waals surface area contributed by atoms with E-state index in [1.807, 2.05) is 55.5 Å². The van der Waals surface area contributed by atoms with Crippen LogP contribution in [-0.2, 0) is 28.5 Å². The van der Waals surface area contributed by atoms with E-state index in [0.29, 0.717) is 17.5 Å². The molecule has 0 fully saturated rings. The fourth-order valence-electron chi connectivity index (χ4n) is 3.32. The van der Waals surface area contributed by atoms with Gasteiger partial charge in [-0.25, -0.2) is 9.59 Å². The molecule has 0 aromatic heterocycles. The first-order valence-corrected chi connectivity index (χ1v) is 10.6. The van der Waals surface area contributed by atoms with E-state index in [9.17, 15) is 9.59 Å². The Balaban J connectivity index is 2.09. The van der Waals surface area contributed by atoms with Crippen LogP contribution >= 0.6 is 0 Å². The van der Waals surface area contributed by atoms with Crippen LogP contribution in [0, 0.1) is 0 Å². The number of carbonyl (C=O) groups is 2.